The summed E-state index contributed by atoms with van der Waals surface area (Å²) >= 11 is 0. The van der Waals surface area contributed by atoms with Crippen LogP contribution >= 0.6 is 0 Å². The van der Waals surface area contributed by atoms with Crippen LogP contribution in [0, 0.1) is 6.57 Å². The molecule has 17 rings (SSSR count). The molecule has 0 amide bonds. The van der Waals surface area contributed by atoms with E-state index in [1.165, 1.54) is 0 Å². The number of fused-ring (bicyclic) bond motifs is 14. The first-order valence-electron chi connectivity index (χ1n) is 32.2. The van der Waals surface area contributed by atoms with Crippen molar-refractivity contribution in [2.75, 3.05) is 0 Å². The van der Waals surface area contributed by atoms with Gasteiger partial charge in [0.25, 0.3) is 0 Å². The van der Waals surface area contributed by atoms with Crippen LogP contribution in [0.1, 0.15) is 13.7 Å². The molecule has 5 aromatic heterocycles. The average molecular weight is 1080 g/mol. The fourth-order valence-corrected chi connectivity index (χ4v) is 12.4. The predicted molar refractivity (Wildman–Crippen MR) is 342 cm³/mol. The van der Waals surface area contributed by atoms with E-state index >= 15 is 0 Å². The Morgan fingerprint density at radius 2 is 0.786 bits per heavy atom. The average Bonchev–Trinajstić information content (AvgIpc) is 1.52. The zero-order chi connectivity index (χ0) is 64.1. The van der Waals surface area contributed by atoms with Gasteiger partial charge >= 0.3 is 0 Å². The molecule has 0 aliphatic rings. The number of aromatic nitrogens is 5. The van der Waals surface area contributed by atoms with Crippen molar-refractivity contribution in [3.05, 3.63) is 278 Å². The molecule has 0 aliphatic heterocycles. The van der Waals surface area contributed by atoms with Crippen LogP contribution in [0.5, 0.6) is 0 Å². The minimum absolute atomic E-state index is 0.0918. The van der Waals surface area contributed by atoms with Crippen LogP contribution in [0.3, 0.4) is 0 Å². The normalized spacial score (nSPS) is 13.5. The van der Waals surface area contributed by atoms with Crippen LogP contribution in [0.4, 0.5) is 5.69 Å². The van der Waals surface area contributed by atoms with Gasteiger partial charge in [-0.2, -0.15) is 0 Å². The van der Waals surface area contributed by atoms with Crippen molar-refractivity contribution in [1.29, 1.82) is 0 Å². The molecule has 0 aliphatic carbocycles. The van der Waals surface area contributed by atoms with E-state index in [0.717, 1.165) is 70.9 Å². The highest BCUT2D eigenvalue weighted by Gasteiger charge is 2.31. The smallest absolute Gasteiger partial charge is 0.212 e. The highest BCUT2D eigenvalue weighted by Crippen LogP contribution is 2.52. The van der Waals surface area contributed by atoms with Crippen molar-refractivity contribution < 1.29 is 22.5 Å². The summed E-state index contributed by atoms with van der Waals surface area (Å²) in [6.07, 6.45) is 0. The molecule has 0 bridgehead atoms. The van der Waals surface area contributed by atoms with Crippen LogP contribution in [0.2, 0.25) is 0 Å². The summed E-state index contributed by atoms with van der Waals surface area (Å²) < 4.78 is 108. The SMILES string of the molecule is [2H]c1c([2H])c([2H])c(-c2nc(-c3cc([N+]#[C-])c(-n4c5ccc(-c6ccccc6)cc5c5c6oc7ccccc7c6ccc54)c(-c4ccccc4)c3-n3c4ccc(-c5ccccc5)cc4c4c5oc6ccccc6c5ccc43)nc(-c3c([2H])c([2H])c([2H])c([2H])c3[2H])n2)c([2H])c1[2H]. The standard InChI is InChI=1S/C76H44N6O2/c1-77-60-45-59(76-79-74(49-27-13-5-14-28-49)78-75(80-76)50-29-15-6-16-30-50)70(81-61-39-35-51(46-21-7-2-8-22-46)43-57(61)68-63(81)41-37-55-53-31-17-19-33-65(53)83-72(55)68)67(48-25-11-4-12-26-48)71(60)82-62-40-36-52(47-23-9-3-10-24-47)44-58(62)69-64(82)42-38-56-54-32-18-20-34-66(54)84-73(56)69/h2-45H/i5D,6D,13D,14D,15D,16D,27D,28D,29D,30D. The lowest BCUT2D eigenvalue weighted by atomic mass is 9.94. The van der Waals surface area contributed by atoms with Crippen molar-refractivity contribution in [3.63, 3.8) is 0 Å². The van der Waals surface area contributed by atoms with Gasteiger partial charge in [-0.3, -0.25) is 0 Å². The third kappa shape index (κ3) is 7.23. The second kappa shape index (κ2) is 18.7. The highest BCUT2D eigenvalue weighted by atomic mass is 16.3. The Hall–Kier alpha value is -11.7. The number of rotatable bonds is 8. The Balaban J connectivity index is 1.11. The molecule has 5 heterocycles. The Morgan fingerprint density at radius 1 is 0.357 bits per heavy atom. The highest BCUT2D eigenvalue weighted by molar-refractivity contribution is 6.27. The molecule has 17 aromatic rings. The van der Waals surface area contributed by atoms with Gasteiger partial charge in [0.1, 0.15) is 22.3 Å². The van der Waals surface area contributed by atoms with Crippen LogP contribution in [0.15, 0.2) is 276 Å². The van der Waals surface area contributed by atoms with E-state index in [1.807, 2.05) is 158 Å². The molecule has 0 unspecified atom stereocenters. The van der Waals surface area contributed by atoms with Crippen LogP contribution in [-0.4, -0.2) is 24.1 Å². The molecular formula is C76H44N6O2. The van der Waals surface area contributed by atoms with Crippen molar-refractivity contribution >= 4 is 93.2 Å². The van der Waals surface area contributed by atoms with E-state index in [4.69, 9.17) is 32.0 Å². The second-order valence-corrected chi connectivity index (χ2v) is 20.5. The maximum atomic E-state index is 9.53. The summed E-state index contributed by atoms with van der Waals surface area (Å²) in [5.41, 5.74) is 10.5. The largest absolute Gasteiger partial charge is 0.455 e. The second-order valence-electron chi connectivity index (χ2n) is 20.5. The summed E-state index contributed by atoms with van der Waals surface area (Å²) in [7, 11) is 0. The Morgan fingerprint density at radius 3 is 1.27 bits per heavy atom. The van der Waals surface area contributed by atoms with Gasteiger partial charge in [0.15, 0.2) is 17.5 Å². The number of para-hydroxylation sites is 2. The first-order valence-corrected chi connectivity index (χ1v) is 27.2. The van der Waals surface area contributed by atoms with Gasteiger partial charge in [0, 0.05) is 54.6 Å². The first kappa shape index (κ1) is 38.1. The van der Waals surface area contributed by atoms with E-state index < -0.39 is 83.2 Å². The predicted octanol–water partition coefficient (Wildman–Crippen LogP) is 20.4. The molecule has 8 heteroatoms. The van der Waals surface area contributed by atoms with Gasteiger partial charge < -0.3 is 18.0 Å². The fourth-order valence-electron chi connectivity index (χ4n) is 12.4. The Kier molecular flexibility index (Phi) is 8.48. The lowest BCUT2D eigenvalue weighted by Gasteiger charge is -2.24. The molecule has 0 atom stereocenters. The van der Waals surface area contributed by atoms with E-state index in [9.17, 15) is 12.1 Å². The number of hydrogen-bond donors (Lipinski definition) is 0. The molecular weight excluding hydrogens is 1030 g/mol. The minimum atomic E-state index is -0.687. The van der Waals surface area contributed by atoms with Crippen molar-refractivity contribution in [3.8, 4) is 78.9 Å². The maximum absolute atomic E-state index is 9.53. The first-order chi connectivity index (χ1) is 45.8. The Bertz CT molecular complexity index is 6050. The molecule has 0 spiro atoms. The molecule has 84 heavy (non-hydrogen) atoms. The lowest BCUT2D eigenvalue weighted by molar-refractivity contribution is 0.672. The van der Waals surface area contributed by atoms with Crippen molar-refractivity contribution in [2.45, 2.75) is 0 Å². The summed E-state index contributed by atoms with van der Waals surface area (Å²) in [6.45, 7) is 9.53. The van der Waals surface area contributed by atoms with E-state index in [2.05, 4.69) is 56.4 Å². The summed E-state index contributed by atoms with van der Waals surface area (Å²) in [5.74, 6) is -1.16. The van der Waals surface area contributed by atoms with Gasteiger partial charge in [-0.15, -0.1) is 0 Å². The van der Waals surface area contributed by atoms with Gasteiger partial charge in [-0.25, -0.2) is 19.8 Å². The van der Waals surface area contributed by atoms with Crippen molar-refractivity contribution in [1.82, 2.24) is 24.1 Å². The van der Waals surface area contributed by atoms with Gasteiger partial charge in [0.2, 0.25) is 5.69 Å². The number of furan rings is 2. The molecule has 0 N–H and O–H groups in total. The number of nitrogens with zero attached hydrogens (tertiary/aromatic N) is 6. The molecule has 0 saturated heterocycles. The monoisotopic (exact) mass is 1080 g/mol. The molecule has 0 fully saturated rings. The zero-order valence-electron chi connectivity index (χ0n) is 54.1. The zero-order valence-corrected chi connectivity index (χ0v) is 44.1. The summed E-state index contributed by atoms with van der Waals surface area (Å²) in [6, 6.07) is 61.2. The van der Waals surface area contributed by atoms with Crippen LogP contribution < -0.4 is 0 Å². The molecule has 12 aromatic carbocycles. The third-order valence-corrected chi connectivity index (χ3v) is 16.0. The van der Waals surface area contributed by atoms with Crippen molar-refractivity contribution in [2.24, 2.45) is 0 Å². The van der Waals surface area contributed by atoms with E-state index in [0.29, 0.717) is 61.4 Å². The molecule has 0 radical (unpaired) electrons. The van der Waals surface area contributed by atoms with Crippen LogP contribution in [-0.2, 0) is 0 Å². The van der Waals surface area contributed by atoms with Crippen LogP contribution in [0.25, 0.3) is 171 Å². The summed E-state index contributed by atoms with van der Waals surface area (Å²) in [4.78, 5) is 19.4. The quantitative estimate of drug-likeness (QED) is 0.142. The topological polar surface area (TPSA) is 79.2 Å². The van der Waals surface area contributed by atoms with Gasteiger partial charge in [-0.05, 0) is 94.5 Å². The molecule has 0 saturated carbocycles. The fraction of sp³-hybridized carbons (Fsp3) is 0. The van der Waals surface area contributed by atoms with Gasteiger partial charge in [0.05, 0.1) is 64.5 Å². The Labute approximate surface area is 494 Å². The number of hydrogen-bond acceptors (Lipinski definition) is 5. The summed E-state index contributed by atoms with van der Waals surface area (Å²) in [5, 5.41) is 6.76. The van der Waals surface area contributed by atoms with Gasteiger partial charge in [-0.1, -0.05) is 200 Å². The number of benzene rings is 12. The minimum Gasteiger partial charge on any atom is -0.455 e. The lowest BCUT2D eigenvalue weighted by Crippen LogP contribution is -2.08. The third-order valence-electron chi connectivity index (χ3n) is 16.0. The van der Waals surface area contributed by atoms with E-state index in [1.54, 1.807) is 6.07 Å². The molecule has 8 nitrogen and oxygen atoms in total. The molecule has 390 valence electrons. The maximum Gasteiger partial charge on any atom is 0.212 e. The van der Waals surface area contributed by atoms with E-state index in [-0.39, 0.29) is 17.1 Å².